The van der Waals surface area contributed by atoms with Crippen LogP contribution in [0.2, 0.25) is 5.02 Å². The Morgan fingerprint density at radius 2 is 2.22 bits per heavy atom. The summed E-state index contributed by atoms with van der Waals surface area (Å²) >= 11 is 6.31. The molecule has 1 aromatic heterocycles. The van der Waals surface area contributed by atoms with Crippen molar-refractivity contribution in [2.24, 2.45) is 0 Å². The monoisotopic (exact) mass is 261 g/mol. The topological polar surface area (TPSA) is 29.9 Å². The molecule has 3 rings (SSSR count). The van der Waals surface area contributed by atoms with Gasteiger partial charge in [-0.25, -0.2) is 4.68 Å². The lowest BCUT2D eigenvalue weighted by Gasteiger charge is -2.08. The van der Waals surface area contributed by atoms with Crippen LogP contribution in [0, 0.1) is 6.92 Å². The molecular weight excluding hydrogens is 246 g/mol. The van der Waals surface area contributed by atoms with Gasteiger partial charge < -0.3 is 5.32 Å². The van der Waals surface area contributed by atoms with Crippen molar-refractivity contribution in [3.8, 4) is 5.69 Å². The maximum Gasteiger partial charge on any atom is 0.0660 e. The van der Waals surface area contributed by atoms with Gasteiger partial charge in [0.2, 0.25) is 0 Å². The van der Waals surface area contributed by atoms with Crippen LogP contribution in [-0.2, 0) is 6.54 Å². The summed E-state index contributed by atoms with van der Waals surface area (Å²) in [6, 6.07) is 8.79. The van der Waals surface area contributed by atoms with E-state index in [0.717, 1.165) is 28.5 Å². The number of rotatable bonds is 4. The molecule has 94 valence electrons. The van der Waals surface area contributed by atoms with E-state index in [-0.39, 0.29) is 0 Å². The normalized spacial score (nSPS) is 15.0. The second kappa shape index (κ2) is 4.75. The molecule has 1 aromatic carbocycles. The van der Waals surface area contributed by atoms with Crippen LogP contribution in [0.1, 0.15) is 24.1 Å². The van der Waals surface area contributed by atoms with Crippen molar-refractivity contribution < 1.29 is 0 Å². The Hall–Kier alpha value is -1.32. The Morgan fingerprint density at radius 1 is 1.39 bits per heavy atom. The predicted octanol–water partition coefficient (Wildman–Crippen LogP) is 3.09. The molecule has 1 N–H and O–H groups in total. The molecule has 0 aliphatic heterocycles. The van der Waals surface area contributed by atoms with Crippen LogP contribution in [0.4, 0.5) is 0 Å². The van der Waals surface area contributed by atoms with Crippen molar-refractivity contribution in [2.45, 2.75) is 32.4 Å². The third-order valence-electron chi connectivity index (χ3n) is 3.18. The van der Waals surface area contributed by atoms with E-state index in [9.17, 15) is 0 Å². The molecule has 1 aliphatic rings. The van der Waals surface area contributed by atoms with Crippen LogP contribution in [0.25, 0.3) is 5.69 Å². The largest absolute Gasteiger partial charge is 0.310 e. The summed E-state index contributed by atoms with van der Waals surface area (Å²) in [5, 5.41) is 8.65. The van der Waals surface area contributed by atoms with Gasteiger partial charge in [-0.05, 0) is 43.5 Å². The van der Waals surface area contributed by atoms with Crippen molar-refractivity contribution in [3.63, 3.8) is 0 Å². The minimum absolute atomic E-state index is 0.703. The van der Waals surface area contributed by atoms with Crippen LogP contribution in [-0.4, -0.2) is 15.8 Å². The summed E-state index contributed by atoms with van der Waals surface area (Å²) in [7, 11) is 0. The number of nitrogens with zero attached hydrogens (tertiary/aromatic N) is 2. The van der Waals surface area contributed by atoms with Gasteiger partial charge in [0, 0.05) is 23.8 Å². The first kappa shape index (κ1) is 11.8. The van der Waals surface area contributed by atoms with E-state index >= 15 is 0 Å². The molecular formula is C14H16ClN3. The maximum atomic E-state index is 6.31. The Balaban J connectivity index is 1.79. The fourth-order valence-electron chi connectivity index (χ4n) is 1.92. The second-order valence-electron chi connectivity index (χ2n) is 4.83. The molecule has 3 nitrogen and oxygen atoms in total. The molecule has 0 bridgehead atoms. The summed E-state index contributed by atoms with van der Waals surface area (Å²) in [5.41, 5.74) is 3.16. The van der Waals surface area contributed by atoms with Crippen molar-refractivity contribution >= 4 is 11.6 Å². The van der Waals surface area contributed by atoms with Crippen LogP contribution >= 0.6 is 11.6 Å². The van der Waals surface area contributed by atoms with Gasteiger partial charge in [0.15, 0.2) is 0 Å². The second-order valence-corrected chi connectivity index (χ2v) is 5.24. The number of aromatic nitrogens is 2. The molecule has 0 amide bonds. The molecule has 1 saturated carbocycles. The fraction of sp³-hybridized carbons (Fsp3) is 0.357. The molecule has 1 aliphatic carbocycles. The Labute approximate surface area is 112 Å². The van der Waals surface area contributed by atoms with Gasteiger partial charge in [0.25, 0.3) is 0 Å². The highest BCUT2D eigenvalue weighted by Gasteiger charge is 2.20. The highest BCUT2D eigenvalue weighted by molar-refractivity contribution is 6.31. The lowest BCUT2D eigenvalue weighted by molar-refractivity contribution is 0.687. The fourth-order valence-corrected chi connectivity index (χ4v) is 2.16. The third kappa shape index (κ3) is 2.57. The standard InChI is InChI=1S/C14H16ClN3/c1-10-6-7-18(17-10)13-5-2-11(14(15)8-13)9-16-12-3-4-12/h2,5-8,12,16H,3-4,9H2,1H3. The Morgan fingerprint density at radius 3 is 2.83 bits per heavy atom. The molecule has 4 heteroatoms. The Kier molecular flexibility index (Phi) is 3.10. The predicted molar refractivity (Wildman–Crippen MR) is 73.2 cm³/mol. The van der Waals surface area contributed by atoms with E-state index in [0.29, 0.717) is 6.04 Å². The molecule has 2 aromatic rings. The number of aryl methyl sites for hydroxylation is 1. The van der Waals surface area contributed by atoms with Crippen LogP contribution in [0.5, 0.6) is 0 Å². The van der Waals surface area contributed by atoms with Gasteiger partial charge in [-0.1, -0.05) is 17.7 Å². The molecule has 0 saturated heterocycles. The zero-order valence-electron chi connectivity index (χ0n) is 10.4. The van der Waals surface area contributed by atoms with Gasteiger partial charge in [-0.3, -0.25) is 0 Å². The van der Waals surface area contributed by atoms with Crippen LogP contribution in [0.15, 0.2) is 30.5 Å². The molecule has 1 fully saturated rings. The minimum atomic E-state index is 0.703. The van der Waals surface area contributed by atoms with Gasteiger partial charge in [-0.15, -0.1) is 0 Å². The average molecular weight is 262 g/mol. The first-order valence-corrected chi connectivity index (χ1v) is 6.64. The van der Waals surface area contributed by atoms with E-state index in [4.69, 9.17) is 11.6 Å². The zero-order valence-corrected chi connectivity index (χ0v) is 11.1. The Bertz CT molecular complexity index is 558. The number of halogens is 1. The smallest absolute Gasteiger partial charge is 0.0660 e. The van der Waals surface area contributed by atoms with E-state index in [1.165, 1.54) is 12.8 Å². The van der Waals surface area contributed by atoms with Crippen molar-refractivity contribution in [2.75, 3.05) is 0 Å². The molecule has 0 unspecified atom stereocenters. The van der Waals surface area contributed by atoms with Crippen molar-refractivity contribution in [3.05, 3.63) is 46.7 Å². The molecule has 1 heterocycles. The van der Waals surface area contributed by atoms with Gasteiger partial charge in [0.1, 0.15) is 0 Å². The lowest BCUT2D eigenvalue weighted by atomic mass is 10.2. The highest BCUT2D eigenvalue weighted by atomic mass is 35.5. The quantitative estimate of drug-likeness (QED) is 0.917. The van der Waals surface area contributed by atoms with Gasteiger partial charge >= 0.3 is 0 Å². The summed E-state index contributed by atoms with van der Waals surface area (Å²) in [6.45, 7) is 2.83. The molecule has 0 radical (unpaired) electrons. The van der Waals surface area contributed by atoms with Crippen molar-refractivity contribution in [1.82, 2.24) is 15.1 Å². The van der Waals surface area contributed by atoms with Gasteiger partial charge in [0.05, 0.1) is 11.4 Å². The number of nitrogens with one attached hydrogen (secondary N) is 1. The lowest BCUT2D eigenvalue weighted by Crippen LogP contribution is -2.15. The maximum absolute atomic E-state index is 6.31. The van der Waals surface area contributed by atoms with E-state index in [1.54, 1.807) is 0 Å². The summed E-state index contributed by atoms with van der Waals surface area (Å²) in [4.78, 5) is 0. The first-order chi connectivity index (χ1) is 8.72. The average Bonchev–Trinajstić information content (AvgIpc) is 3.08. The SMILES string of the molecule is Cc1ccn(-c2ccc(CNC3CC3)c(Cl)c2)n1. The summed E-state index contributed by atoms with van der Waals surface area (Å²) < 4.78 is 1.85. The summed E-state index contributed by atoms with van der Waals surface area (Å²) in [5.74, 6) is 0. The number of benzene rings is 1. The minimum Gasteiger partial charge on any atom is -0.310 e. The van der Waals surface area contributed by atoms with E-state index in [2.05, 4.69) is 22.5 Å². The number of hydrogen-bond acceptors (Lipinski definition) is 2. The number of hydrogen-bond donors (Lipinski definition) is 1. The highest BCUT2D eigenvalue weighted by Crippen LogP contribution is 2.23. The van der Waals surface area contributed by atoms with Gasteiger partial charge in [-0.2, -0.15) is 5.10 Å². The van der Waals surface area contributed by atoms with E-state index < -0.39 is 0 Å². The van der Waals surface area contributed by atoms with Crippen molar-refractivity contribution in [1.29, 1.82) is 0 Å². The van der Waals surface area contributed by atoms with Crippen LogP contribution < -0.4 is 5.32 Å². The third-order valence-corrected chi connectivity index (χ3v) is 3.53. The molecule has 0 spiro atoms. The first-order valence-electron chi connectivity index (χ1n) is 6.27. The molecule has 18 heavy (non-hydrogen) atoms. The molecule has 0 atom stereocenters. The zero-order chi connectivity index (χ0) is 12.5. The van der Waals surface area contributed by atoms with Crippen LogP contribution in [0.3, 0.4) is 0 Å². The summed E-state index contributed by atoms with van der Waals surface area (Å²) in [6.07, 6.45) is 4.54. The van der Waals surface area contributed by atoms with E-state index in [1.807, 2.05) is 29.9 Å².